The summed E-state index contributed by atoms with van der Waals surface area (Å²) in [5, 5.41) is 2.79. The van der Waals surface area contributed by atoms with Gasteiger partial charge in [-0.3, -0.25) is 0 Å². The van der Waals surface area contributed by atoms with Gasteiger partial charge in [0.05, 0.1) is 0 Å². The molecule has 0 amide bonds. The number of hydrogen-bond acceptors (Lipinski definition) is 1. The number of rotatable bonds is 0. The Morgan fingerprint density at radius 1 is 1.13 bits per heavy atom. The quantitative estimate of drug-likeness (QED) is 0.566. The second-order valence-electron chi connectivity index (χ2n) is 3.91. The molecule has 15 heavy (non-hydrogen) atoms. The normalized spacial score (nSPS) is 11.3. The van der Waals surface area contributed by atoms with Crippen LogP contribution in [-0.2, 0) is 0 Å². The Morgan fingerprint density at radius 2 is 2.00 bits per heavy atom. The standard InChI is InChI=1S/C13H11NSe/c1-8-3-4-10-11(7-8)15-13-12(10)9(2)5-6-14-13/h3-7H,1-2H3. The molecule has 0 atom stereocenters. The first-order valence-corrected chi connectivity index (χ1v) is 6.71. The van der Waals surface area contributed by atoms with E-state index in [4.69, 9.17) is 0 Å². The molecule has 0 spiro atoms. The van der Waals surface area contributed by atoms with Crippen molar-refractivity contribution in [2.45, 2.75) is 13.8 Å². The van der Waals surface area contributed by atoms with Crippen molar-refractivity contribution >= 4 is 33.9 Å². The van der Waals surface area contributed by atoms with Gasteiger partial charge in [-0.05, 0) is 0 Å². The predicted molar refractivity (Wildman–Crippen MR) is 65.7 cm³/mol. The van der Waals surface area contributed by atoms with E-state index in [0.29, 0.717) is 14.5 Å². The molecule has 0 saturated heterocycles. The van der Waals surface area contributed by atoms with E-state index >= 15 is 0 Å². The molecule has 2 aromatic heterocycles. The van der Waals surface area contributed by atoms with Crippen LogP contribution >= 0.6 is 0 Å². The van der Waals surface area contributed by atoms with Gasteiger partial charge >= 0.3 is 94.3 Å². The summed E-state index contributed by atoms with van der Waals surface area (Å²) in [4.78, 5) is 4.49. The first kappa shape index (κ1) is 9.14. The van der Waals surface area contributed by atoms with Crippen LogP contribution in [0.5, 0.6) is 0 Å². The first-order valence-electron chi connectivity index (χ1n) is 5.00. The van der Waals surface area contributed by atoms with E-state index in [-0.39, 0.29) is 0 Å². The van der Waals surface area contributed by atoms with Gasteiger partial charge in [-0.1, -0.05) is 0 Å². The van der Waals surface area contributed by atoms with Gasteiger partial charge in [-0.15, -0.1) is 0 Å². The van der Waals surface area contributed by atoms with Crippen LogP contribution < -0.4 is 0 Å². The van der Waals surface area contributed by atoms with Crippen LogP contribution in [-0.4, -0.2) is 19.5 Å². The summed E-state index contributed by atoms with van der Waals surface area (Å²) in [6, 6.07) is 8.84. The van der Waals surface area contributed by atoms with Crippen molar-refractivity contribution in [1.82, 2.24) is 4.98 Å². The minimum absolute atomic E-state index is 0.405. The van der Waals surface area contributed by atoms with Gasteiger partial charge in [0.25, 0.3) is 0 Å². The summed E-state index contributed by atoms with van der Waals surface area (Å²) in [5.74, 6) is 0. The summed E-state index contributed by atoms with van der Waals surface area (Å²) in [7, 11) is 0. The minimum atomic E-state index is 0.405. The third kappa shape index (κ3) is 1.33. The van der Waals surface area contributed by atoms with E-state index in [1.807, 2.05) is 6.20 Å². The van der Waals surface area contributed by atoms with E-state index in [2.05, 4.69) is 43.1 Å². The van der Waals surface area contributed by atoms with Gasteiger partial charge in [-0.25, -0.2) is 0 Å². The van der Waals surface area contributed by atoms with Crippen LogP contribution in [0.2, 0.25) is 0 Å². The first-order chi connectivity index (χ1) is 7.25. The van der Waals surface area contributed by atoms with Gasteiger partial charge < -0.3 is 0 Å². The number of nitrogens with zero attached hydrogens (tertiary/aromatic N) is 1. The molecule has 0 saturated carbocycles. The van der Waals surface area contributed by atoms with Crippen molar-refractivity contribution < 1.29 is 0 Å². The fourth-order valence-corrected chi connectivity index (χ4v) is 4.52. The molecule has 0 aliphatic heterocycles. The van der Waals surface area contributed by atoms with Gasteiger partial charge in [0.1, 0.15) is 0 Å². The van der Waals surface area contributed by atoms with Crippen LogP contribution in [0, 0.1) is 13.8 Å². The molecule has 1 nitrogen and oxygen atoms in total. The van der Waals surface area contributed by atoms with Crippen molar-refractivity contribution in [3.05, 3.63) is 41.6 Å². The molecule has 0 radical (unpaired) electrons. The molecule has 0 fully saturated rings. The van der Waals surface area contributed by atoms with E-state index < -0.39 is 0 Å². The van der Waals surface area contributed by atoms with Gasteiger partial charge in [0.15, 0.2) is 0 Å². The zero-order chi connectivity index (χ0) is 10.4. The van der Waals surface area contributed by atoms with Crippen molar-refractivity contribution in [1.29, 1.82) is 0 Å². The molecule has 2 heteroatoms. The van der Waals surface area contributed by atoms with Crippen LogP contribution in [0.15, 0.2) is 30.5 Å². The maximum absolute atomic E-state index is 4.49. The molecular formula is C13H11NSe. The summed E-state index contributed by atoms with van der Waals surface area (Å²) >= 11 is 0.405. The Balaban J connectivity index is 2.59. The van der Waals surface area contributed by atoms with Crippen LogP contribution in [0.25, 0.3) is 19.4 Å². The van der Waals surface area contributed by atoms with Crippen LogP contribution in [0.3, 0.4) is 0 Å². The third-order valence-corrected chi connectivity index (χ3v) is 4.96. The predicted octanol–water partition coefficient (Wildman–Crippen LogP) is 3.06. The summed E-state index contributed by atoms with van der Waals surface area (Å²) < 4.78 is 2.78. The van der Waals surface area contributed by atoms with Crippen molar-refractivity contribution in [3.8, 4) is 0 Å². The number of hydrogen-bond donors (Lipinski definition) is 0. The fraction of sp³-hybridized carbons (Fsp3) is 0.154. The SMILES string of the molecule is Cc1ccc2c(c1)[se]c1nccc(C)c12. The summed E-state index contributed by atoms with van der Waals surface area (Å²) in [6.07, 6.45) is 1.93. The molecule has 2 heterocycles. The summed E-state index contributed by atoms with van der Waals surface area (Å²) in [6.45, 7) is 4.32. The third-order valence-electron chi connectivity index (χ3n) is 2.74. The Labute approximate surface area is 94.5 Å². The number of aromatic nitrogens is 1. The van der Waals surface area contributed by atoms with Gasteiger partial charge in [-0.2, -0.15) is 0 Å². The molecule has 0 aliphatic carbocycles. The van der Waals surface area contributed by atoms with Crippen molar-refractivity contribution in [3.63, 3.8) is 0 Å². The average molecular weight is 260 g/mol. The monoisotopic (exact) mass is 261 g/mol. The van der Waals surface area contributed by atoms with Crippen LogP contribution in [0.4, 0.5) is 0 Å². The molecule has 3 aromatic rings. The second-order valence-corrected chi connectivity index (χ2v) is 6.07. The molecule has 0 aliphatic rings. The van der Waals surface area contributed by atoms with Crippen molar-refractivity contribution in [2.75, 3.05) is 0 Å². The molecule has 0 unspecified atom stereocenters. The molecule has 0 bridgehead atoms. The second kappa shape index (κ2) is 3.19. The molecule has 0 N–H and O–H groups in total. The Kier molecular flexibility index (Phi) is 1.95. The zero-order valence-electron chi connectivity index (χ0n) is 8.74. The Hall–Kier alpha value is -1.11. The number of fused-ring (bicyclic) bond motifs is 3. The number of pyridine rings is 1. The van der Waals surface area contributed by atoms with E-state index in [1.165, 1.54) is 30.6 Å². The number of benzene rings is 1. The average Bonchev–Trinajstić information content (AvgIpc) is 2.56. The zero-order valence-corrected chi connectivity index (χ0v) is 10.5. The molecule has 74 valence electrons. The van der Waals surface area contributed by atoms with Crippen LogP contribution in [0.1, 0.15) is 11.1 Å². The van der Waals surface area contributed by atoms with Crippen molar-refractivity contribution in [2.24, 2.45) is 0 Å². The molecular weight excluding hydrogens is 249 g/mol. The molecule has 3 rings (SSSR count). The summed E-state index contributed by atoms with van der Waals surface area (Å²) in [5.41, 5.74) is 2.70. The molecule has 1 aromatic carbocycles. The van der Waals surface area contributed by atoms with E-state index in [9.17, 15) is 0 Å². The topological polar surface area (TPSA) is 12.9 Å². The van der Waals surface area contributed by atoms with Gasteiger partial charge in [0.2, 0.25) is 0 Å². The van der Waals surface area contributed by atoms with E-state index in [0.717, 1.165) is 0 Å². The van der Waals surface area contributed by atoms with E-state index in [1.54, 1.807) is 0 Å². The maximum atomic E-state index is 4.49. The van der Waals surface area contributed by atoms with Gasteiger partial charge in [0, 0.05) is 0 Å². The Bertz CT molecular complexity index is 652. The fourth-order valence-electron chi connectivity index (χ4n) is 1.96. The number of aryl methyl sites for hydroxylation is 2. The Morgan fingerprint density at radius 3 is 2.87 bits per heavy atom.